The van der Waals surface area contributed by atoms with Gasteiger partial charge in [0.05, 0.1) is 5.56 Å². The van der Waals surface area contributed by atoms with E-state index in [-0.39, 0.29) is 23.2 Å². The van der Waals surface area contributed by atoms with Crippen molar-refractivity contribution in [2.45, 2.75) is 92.5 Å². The zero-order valence-corrected chi connectivity index (χ0v) is 28.1. The number of fused-ring (bicyclic) bond motifs is 1. The van der Waals surface area contributed by atoms with Crippen molar-refractivity contribution < 1.29 is 47.0 Å². The molecule has 47 heavy (non-hydrogen) atoms. The standard InChI is InChI=1S/C32H39F2N5O8/c1-11-17-37(27(41)45-30(2,3)4)26(40)24-23(38(28(42)46-31(5,6)7)29(43)47-32(8,9)10)19-14-15-20(33)21(22(19)36-39(24)44)18-13-12-16-35-25(18)34/h12-16H,11,17H2,1-10H3. The van der Waals surface area contributed by atoms with Gasteiger partial charge in [-0.2, -0.15) is 9.29 Å². The monoisotopic (exact) mass is 659 g/mol. The fourth-order valence-corrected chi connectivity index (χ4v) is 4.28. The Labute approximate surface area is 271 Å². The van der Waals surface area contributed by atoms with Crippen molar-refractivity contribution in [2.24, 2.45) is 0 Å². The number of hydrogen-bond donors (Lipinski definition) is 0. The van der Waals surface area contributed by atoms with E-state index in [0.29, 0.717) is 9.80 Å². The first-order valence-corrected chi connectivity index (χ1v) is 14.7. The Morgan fingerprint density at radius 3 is 1.87 bits per heavy atom. The Bertz CT molecular complexity index is 1680. The molecule has 2 aromatic heterocycles. The number of hydrogen-bond acceptors (Lipinski definition) is 10. The summed E-state index contributed by atoms with van der Waals surface area (Å²) < 4.78 is 46.8. The van der Waals surface area contributed by atoms with Gasteiger partial charge in [-0.3, -0.25) is 4.79 Å². The van der Waals surface area contributed by atoms with Crippen LogP contribution in [0.3, 0.4) is 0 Å². The zero-order valence-electron chi connectivity index (χ0n) is 28.1. The molecule has 13 nitrogen and oxygen atoms in total. The molecule has 0 spiro atoms. The molecule has 3 rings (SSSR count). The van der Waals surface area contributed by atoms with Gasteiger partial charge in [0.2, 0.25) is 5.95 Å². The first-order valence-electron chi connectivity index (χ1n) is 14.7. The molecule has 4 amide bonds. The predicted octanol–water partition coefficient (Wildman–Crippen LogP) is 6.67. The maximum absolute atomic E-state index is 15.5. The minimum Gasteiger partial charge on any atom is -0.594 e. The third-order valence-corrected chi connectivity index (χ3v) is 5.90. The maximum Gasteiger partial charge on any atom is 0.424 e. The number of aromatic nitrogens is 3. The fraction of sp³-hybridized carbons (Fsp3) is 0.469. The second kappa shape index (κ2) is 13.4. The third kappa shape index (κ3) is 8.65. The van der Waals surface area contributed by atoms with Crippen LogP contribution in [0.5, 0.6) is 0 Å². The van der Waals surface area contributed by atoms with Crippen molar-refractivity contribution in [2.75, 3.05) is 11.4 Å². The number of benzene rings is 1. The van der Waals surface area contributed by atoms with Crippen LogP contribution >= 0.6 is 0 Å². The van der Waals surface area contributed by atoms with E-state index in [4.69, 9.17) is 14.2 Å². The summed E-state index contributed by atoms with van der Waals surface area (Å²) in [7, 11) is 0. The summed E-state index contributed by atoms with van der Waals surface area (Å²) >= 11 is 0. The molecular weight excluding hydrogens is 620 g/mol. The predicted molar refractivity (Wildman–Crippen MR) is 166 cm³/mol. The molecule has 0 saturated carbocycles. The molecule has 254 valence electrons. The summed E-state index contributed by atoms with van der Waals surface area (Å²) in [6.45, 7) is 15.1. The molecule has 0 radical (unpaired) electrons. The van der Waals surface area contributed by atoms with Gasteiger partial charge in [0.1, 0.15) is 28.3 Å². The van der Waals surface area contributed by atoms with Crippen LogP contribution in [0.2, 0.25) is 0 Å². The summed E-state index contributed by atoms with van der Waals surface area (Å²) in [4.78, 5) is 59.3. The molecule has 0 aliphatic heterocycles. The second-order valence-electron chi connectivity index (χ2n) is 13.5. The quantitative estimate of drug-likeness (QED) is 0.125. The highest BCUT2D eigenvalue weighted by Gasteiger charge is 2.44. The van der Waals surface area contributed by atoms with Gasteiger partial charge >= 0.3 is 29.9 Å². The number of imide groups is 2. The van der Waals surface area contributed by atoms with Crippen molar-refractivity contribution in [3.8, 4) is 11.1 Å². The Hall–Kier alpha value is -4.95. The van der Waals surface area contributed by atoms with Gasteiger partial charge in [0, 0.05) is 28.8 Å². The smallest absolute Gasteiger partial charge is 0.424 e. The van der Waals surface area contributed by atoms with Gasteiger partial charge in [0.25, 0.3) is 0 Å². The number of amides is 4. The van der Waals surface area contributed by atoms with Crippen molar-refractivity contribution in [3.63, 3.8) is 0 Å². The number of halogens is 2. The number of ether oxygens (including phenoxy) is 3. The van der Waals surface area contributed by atoms with Crippen molar-refractivity contribution >= 4 is 40.8 Å². The molecule has 1 aromatic carbocycles. The Morgan fingerprint density at radius 1 is 0.851 bits per heavy atom. The van der Waals surface area contributed by atoms with Crippen LogP contribution in [0, 0.1) is 17.0 Å². The van der Waals surface area contributed by atoms with Gasteiger partial charge < -0.3 is 19.4 Å². The number of rotatable bonds is 5. The molecule has 0 bridgehead atoms. The molecule has 0 aliphatic rings. The number of anilines is 1. The molecule has 15 heteroatoms. The van der Waals surface area contributed by atoms with E-state index >= 15 is 4.39 Å². The van der Waals surface area contributed by atoms with E-state index in [1.165, 1.54) is 53.7 Å². The first kappa shape index (κ1) is 36.5. The molecule has 0 fully saturated rings. The first-order chi connectivity index (χ1) is 21.6. The minimum atomic E-state index is -1.38. The molecule has 0 N–H and O–H groups in total. The van der Waals surface area contributed by atoms with Crippen LogP contribution in [0.25, 0.3) is 22.0 Å². The average molecular weight is 660 g/mol. The van der Waals surface area contributed by atoms with Gasteiger partial charge in [-0.1, -0.05) is 6.92 Å². The third-order valence-electron chi connectivity index (χ3n) is 5.90. The highest BCUT2D eigenvalue weighted by molar-refractivity contribution is 6.20. The largest absolute Gasteiger partial charge is 0.594 e. The van der Waals surface area contributed by atoms with Crippen LogP contribution < -0.4 is 9.75 Å². The summed E-state index contributed by atoms with van der Waals surface area (Å²) in [5, 5.41) is 17.4. The van der Waals surface area contributed by atoms with Gasteiger partial charge in [-0.25, -0.2) is 28.7 Å². The van der Waals surface area contributed by atoms with Crippen LogP contribution in [0.4, 0.5) is 28.9 Å². The Kier molecular flexibility index (Phi) is 10.4. The van der Waals surface area contributed by atoms with Gasteiger partial charge in [-0.05, 0) is 97.8 Å². The minimum absolute atomic E-state index is 0.220. The van der Waals surface area contributed by atoms with Crippen molar-refractivity contribution in [1.29, 1.82) is 0 Å². The van der Waals surface area contributed by atoms with Crippen LogP contribution in [-0.2, 0) is 14.2 Å². The molecule has 0 saturated heterocycles. The summed E-state index contributed by atoms with van der Waals surface area (Å²) in [6, 6.07) is 4.41. The lowest BCUT2D eigenvalue weighted by Gasteiger charge is -2.30. The lowest BCUT2D eigenvalue weighted by atomic mass is 10.0. The normalized spacial score (nSPS) is 12.0. The van der Waals surface area contributed by atoms with Gasteiger partial charge in [-0.15, -0.1) is 0 Å². The Morgan fingerprint density at radius 2 is 1.38 bits per heavy atom. The van der Waals surface area contributed by atoms with E-state index in [1.54, 1.807) is 27.7 Å². The number of pyridine rings is 1. The maximum atomic E-state index is 15.5. The summed E-state index contributed by atoms with van der Waals surface area (Å²) in [6.07, 6.45) is -2.56. The number of nitrogens with zero attached hydrogens (tertiary/aromatic N) is 5. The summed E-state index contributed by atoms with van der Waals surface area (Å²) in [5.74, 6) is -3.46. The van der Waals surface area contributed by atoms with Crippen molar-refractivity contribution in [1.82, 2.24) is 15.0 Å². The van der Waals surface area contributed by atoms with Crippen LogP contribution in [-0.4, -0.2) is 62.5 Å². The second-order valence-corrected chi connectivity index (χ2v) is 13.5. The van der Waals surface area contributed by atoms with Crippen molar-refractivity contribution in [3.05, 3.63) is 53.1 Å². The number of carbonyl (C=O) groups excluding carboxylic acids is 4. The zero-order chi connectivity index (χ0) is 35.6. The van der Waals surface area contributed by atoms with Crippen LogP contribution in [0.1, 0.15) is 86.1 Å². The molecular formula is C32H39F2N5O8. The lowest BCUT2D eigenvalue weighted by molar-refractivity contribution is -0.668. The molecule has 0 unspecified atom stereocenters. The molecule has 2 heterocycles. The SMILES string of the molecule is CCCN(C(=O)OC(C)(C)C)C(=O)c1c(N(C(=O)OC(C)(C)C)C(=O)OC(C)(C)C)c2ccc(F)c(-c3cccnc3F)c2n[n+]1[O-]. The fourth-order valence-electron chi connectivity index (χ4n) is 4.28. The highest BCUT2D eigenvalue weighted by Crippen LogP contribution is 2.38. The van der Waals surface area contributed by atoms with E-state index in [1.807, 2.05) is 0 Å². The molecule has 3 aromatic rings. The van der Waals surface area contributed by atoms with E-state index in [9.17, 15) is 28.8 Å². The molecule has 0 atom stereocenters. The number of carbonyl (C=O) groups is 4. The van der Waals surface area contributed by atoms with E-state index in [2.05, 4.69) is 10.1 Å². The highest BCUT2D eigenvalue weighted by atomic mass is 19.1. The van der Waals surface area contributed by atoms with E-state index in [0.717, 1.165) is 18.3 Å². The van der Waals surface area contributed by atoms with E-state index < -0.39 is 80.8 Å². The van der Waals surface area contributed by atoms with Crippen LogP contribution in [0.15, 0.2) is 30.5 Å². The summed E-state index contributed by atoms with van der Waals surface area (Å²) in [5.41, 5.74) is -6.74. The molecule has 0 aliphatic carbocycles. The van der Waals surface area contributed by atoms with Gasteiger partial charge in [0.15, 0.2) is 5.52 Å². The topological polar surface area (TPSA) is 155 Å². The Balaban J connectivity index is 2.55. The average Bonchev–Trinajstić information content (AvgIpc) is 2.89. The lowest BCUT2D eigenvalue weighted by Crippen LogP contribution is -2.51.